The van der Waals surface area contributed by atoms with Crippen LogP contribution < -0.4 is 5.32 Å². The summed E-state index contributed by atoms with van der Waals surface area (Å²) in [6.07, 6.45) is 2.10. The summed E-state index contributed by atoms with van der Waals surface area (Å²) in [7, 11) is -3.82. The van der Waals surface area contributed by atoms with Crippen LogP contribution >= 0.6 is 34.3 Å². The predicted molar refractivity (Wildman–Crippen MR) is 123 cm³/mol. The van der Waals surface area contributed by atoms with E-state index in [1.165, 1.54) is 27.8 Å². The van der Waals surface area contributed by atoms with Gasteiger partial charge in [0, 0.05) is 24.4 Å². The summed E-state index contributed by atoms with van der Waals surface area (Å²) in [5.74, 6) is -0.399. The molecular formula is C19H23ClN4O5S3. The Morgan fingerprint density at radius 3 is 2.81 bits per heavy atom. The third-order valence-corrected chi connectivity index (χ3v) is 9.96. The van der Waals surface area contributed by atoms with Crippen LogP contribution in [0.1, 0.15) is 36.8 Å². The highest BCUT2D eigenvalue weighted by atomic mass is 35.5. The number of rotatable bonds is 5. The van der Waals surface area contributed by atoms with Crippen LogP contribution in [0.2, 0.25) is 4.34 Å². The standard InChI is InChI=1S/C19H23ClN4O5S3/c1-2-29-19(26)23-10-8-12-14(11-23)30-18(21-12)22-17(25)13-5-3-4-9-24(13)32(27,28)16-7-6-15(20)31-16/h6-7,13H,2-5,8-11H2,1H3,(H,21,22,25). The molecular weight excluding hydrogens is 496 g/mol. The quantitative estimate of drug-likeness (QED) is 0.648. The molecule has 1 saturated heterocycles. The number of carbonyl (C=O) groups is 2. The van der Waals surface area contributed by atoms with E-state index in [0.29, 0.717) is 48.4 Å². The molecule has 0 saturated carbocycles. The van der Waals surface area contributed by atoms with Crippen molar-refractivity contribution in [1.29, 1.82) is 0 Å². The number of ether oxygens (including phenoxy) is 1. The average molecular weight is 519 g/mol. The van der Waals surface area contributed by atoms with Crippen LogP contribution in [0.3, 0.4) is 0 Å². The lowest BCUT2D eigenvalue weighted by Crippen LogP contribution is -2.49. The number of thiophene rings is 1. The summed E-state index contributed by atoms with van der Waals surface area (Å²) in [6.45, 7) is 3.23. The highest BCUT2D eigenvalue weighted by molar-refractivity contribution is 7.91. The van der Waals surface area contributed by atoms with Gasteiger partial charge < -0.3 is 15.0 Å². The van der Waals surface area contributed by atoms with E-state index in [0.717, 1.165) is 28.3 Å². The second-order valence-corrected chi connectivity index (χ2v) is 12.4. The van der Waals surface area contributed by atoms with Gasteiger partial charge in [-0.1, -0.05) is 29.4 Å². The fourth-order valence-electron chi connectivity index (χ4n) is 3.81. The zero-order valence-corrected chi connectivity index (χ0v) is 20.6. The van der Waals surface area contributed by atoms with E-state index in [1.54, 1.807) is 11.8 Å². The monoisotopic (exact) mass is 518 g/mol. The summed E-state index contributed by atoms with van der Waals surface area (Å²) in [6, 6.07) is 2.19. The van der Waals surface area contributed by atoms with Gasteiger partial charge >= 0.3 is 6.09 Å². The molecule has 0 aliphatic carbocycles. The van der Waals surface area contributed by atoms with Gasteiger partial charge in [-0.3, -0.25) is 4.79 Å². The van der Waals surface area contributed by atoms with Crippen LogP contribution in [-0.2, 0) is 32.5 Å². The molecule has 4 heterocycles. The molecule has 1 unspecified atom stereocenters. The number of hydrogen-bond acceptors (Lipinski definition) is 8. The lowest BCUT2D eigenvalue weighted by Gasteiger charge is -2.32. The maximum absolute atomic E-state index is 13.1. The molecule has 1 N–H and O–H groups in total. The van der Waals surface area contributed by atoms with Crippen LogP contribution in [0.15, 0.2) is 16.3 Å². The minimum absolute atomic E-state index is 0.131. The zero-order valence-electron chi connectivity index (χ0n) is 17.4. The molecule has 2 aliphatic rings. The van der Waals surface area contributed by atoms with Crippen LogP contribution in [0.4, 0.5) is 9.93 Å². The number of amides is 2. The van der Waals surface area contributed by atoms with Crippen molar-refractivity contribution in [2.24, 2.45) is 0 Å². The summed E-state index contributed by atoms with van der Waals surface area (Å²) in [5, 5.41) is 3.21. The molecule has 4 rings (SSSR count). The number of halogens is 1. The highest BCUT2D eigenvalue weighted by Gasteiger charge is 2.39. The third kappa shape index (κ3) is 4.79. The van der Waals surface area contributed by atoms with Crippen molar-refractivity contribution in [2.45, 2.75) is 49.4 Å². The maximum atomic E-state index is 13.1. The first kappa shape index (κ1) is 23.4. The molecule has 0 radical (unpaired) electrons. The van der Waals surface area contributed by atoms with Crippen molar-refractivity contribution >= 4 is 61.4 Å². The number of carbonyl (C=O) groups excluding carboxylic acids is 2. The van der Waals surface area contributed by atoms with Gasteiger partial charge in [-0.15, -0.1) is 11.3 Å². The van der Waals surface area contributed by atoms with Gasteiger partial charge in [0.25, 0.3) is 10.0 Å². The second kappa shape index (κ2) is 9.64. The molecule has 32 heavy (non-hydrogen) atoms. The van der Waals surface area contributed by atoms with E-state index in [2.05, 4.69) is 10.3 Å². The summed E-state index contributed by atoms with van der Waals surface area (Å²) < 4.78 is 33.1. The Morgan fingerprint density at radius 2 is 2.09 bits per heavy atom. The van der Waals surface area contributed by atoms with E-state index in [-0.39, 0.29) is 16.8 Å². The van der Waals surface area contributed by atoms with E-state index >= 15 is 0 Å². The Labute approximate surface area is 199 Å². The molecule has 2 aromatic rings. The first-order valence-electron chi connectivity index (χ1n) is 10.3. The maximum Gasteiger partial charge on any atom is 0.410 e. The summed E-state index contributed by atoms with van der Waals surface area (Å²) >= 11 is 8.21. The van der Waals surface area contributed by atoms with Crippen molar-refractivity contribution in [3.8, 4) is 0 Å². The number of sulfonamides is 1. The number of piperidine rings is 1. The molecule has 2 aliphatic heterocycles. The zero-order chi connectivity index (χ0) is 22.9. The SMILES string of the molecule is CCOC(=O)N1CCc2nc(NC(=O)C3CCCCN3S(=O)(=O)c3ccc(Cl)s3)sc2C1. The summed E-state index contributed by atoms with van der Waals surface area (Å²) in [4.78, 5) is 32.1. The average Bonchev–Trinajstić information content (AvgIpc) is 3.39. The minimum atomic E-state index is -3.82. The Hall–Kier alpha value is -1.73. The molecule has 2 aromatic heterocycles. The molecule has 1 fully saturated rings. The number of fused-ring (bicyclic) bond motifs is 1. The molecule has 9 nitrogen and oxygen atoms in total. The van der Waals surface area contributed by atoms with E-state index in [9.17, 15) is 18.0 Å². The molecule has 0 aromatic carbocycles. The molecule has 0 bridgehead atoms. The number of thiazole rings is 1. The van der Waals surface area contributed by atoms with E-state index < -0.39 is 22.0 Å². The molecule has 13 heteroatoms. The lowest BCUT2D eigenvalue weighted by atomic mass is 10.0. The van der Waals surface area contributed by atoms with Crippen LogP contribution in [0, 0.1) is 0 Å². The largest absolute Gasteiger partial charge is 0.450 e. The number of nitrogens with zero attached hydrogens (tertiary/aromatic N) is 3. The van der Waals surface area contributed by atoms with Crippen LogP contribution in [0.25, 0.3) is 0 Å². The van der Waals surface area contributed by atoms with Crippen LogP contribution in [0.5, 0.6) is 0 Å². The van der Waals surface area contributed by atoms with Gasteiger partial charge in [0.05, 0.1) is 23.2 Å². The Bertz CT molecular complexity index is 1120. The summed E-state index contributed by atoms with van der Waals surface area (Å²) in [5.41, 5.74) is 0.840. The van der Waals surface area contributed by atoms with Gasteiger partial charge in [0.1, 0.15) is 10.3 Å². The highest BCUT2D eigenvalue weighted by Crippen LogP contribution is 2.33. The Balaban J connectivity index is 1.48. The van der Waals surface area contributed by atoms with Gasteiger partial charge in [-0.05, 0) is 31.9 Å². The van der Waals surface area contributed by atoms with Crippen LogP contribution in [-0.4, -0.2) is 60.3 Å². The van der Waals surface area contributed by atoms with E-state index in [4.69, 9.17) is 16.3 Å². The number of anilines is 1. The van der Waals surface area contributed by atoms with Gasteiger partial charge in [0.15, 0.2) is 5.13 Å². The normalized spacial score (nSPS) is 19.4. The van der Waals surface area contributed by atoms with Crippen molar-refractivity contribution in [3.05, 3.63) is 27.0 Å². The molecule has 0 spiro atoms. The van der Waals surface area contributed by atoms with Crippen molar-refractivity contribution in [2.75, 3.05) is 25.0 Å². The Kier molecular flexibility index (Phi) is 7.06. The molecule has 1 atom stereocenters. The smallest absolute Gasteiger partial charge is 0.410 e. The van der Waals surface area contributed by atoms with Crippen molar-refractivity contribution in [1.82, 2.24) is 14.2 Å². The second-order valence-electron chi connectivity index (χ2n) is 7.43. The van der Waals surface area contributed by atoms with E-state index in [1.807, 2.05) is 0 Å². The van der Waals surface area contributed by atoms with Gasteiger partial charge in [-0.2, -0.15) is 4.31 Å². The fourth-order valence-corrected chi connectivity index (χ4v) is 8.11. The number of hydrogen-bond donors (Lipinski definition) is 1. The number of nitrogens with one attached hydrogen (secondary N) is 1. The Morgan fingerprint density at radius 1 is 1.28 bits per heavy atom. The topological polar surface area (TPSA) is 109 Å². The first-order chi connectivity index (χ1) is 15.3. The molecule has 2 amide bonds. The van der Waals surface area contributed by atoms with Gasteiger partial charge in [0.2, 0.25) is 5.91 Å². The minimum Gasteiger partial charge on any atom is -0.450 e. The third-order valence-electron chi connectivity index (χ3n) is 5.36. The lowest BCUT2D eigenvalue weighted by molar-refractivity contribution is -0.120. The van der Waals surface area contributed by atoms with Gasteiger partial charge in [-0.25, -0.2) is 18.2 Å². The number of aromatic nitrogens is 1. The molecule has 174 valence electrons. The van der Waals surface area contributed by atoms with Crippen molar-refractivity contribution < 1.29 is 22.7 Å². The fraction of sp³-hybridized carbons (Fsp3) is 0.526. The predicted octanol–water partition coefficient (Wildman–Crippen LogP) is 3.55. The first-order valence-corrected chi connectivity index (χ1v) is 13.7. The van der Waals surface area contributed by atoms with Crippen molar-refractivity contribution in [3.63, 3.8) is 0 Å².